The molecule has 0 aliphatic carbocycles. The zero-order chi connectivity index (χ0) is 19.8. The molecule has 0 unspecified atom stereocenters. The molecule has 3 nitrogen and oxygen atoms in total. The highest BCUT2D eigenvalue weighted by Gasteiger charge is 2.30. The Morgan fingerprint density at radius 1 is 1.19 bits per heavy atom. The normalized spacial score (nSPS) is 11.6. The van der Waals surface area contributed by atoms with Gasteiger partial charge in [-0.25, -0.2) is 14.2 Å². The van der Waals surface area contributed by atoms with Gasteiger partial charge in [-0.1, -0.05) is 24.3 Å². The molecule has 8 heteroatoms. The van der Waals surface area contributed by atoms with Gasteiger partial charge in [0.15, 0.2) is 0 Å². The minimum Gasteiger partial charge on any atom is -0.478 e. The molecule has 0 spiro atoms. The van der Waals surface area contributed by atoms with Crippen molar-refractivity contribution in [3.63, 3.8) is 0 Å². The average molecular weight is 395 g/mol. The summed E-state index contributed by atoms with van der Waals surface area (Å²) in [5.74, 6) is -2.21. The van der Waals surface area contributed by atoms with Crippen LogP contribution in [0.5, 0.6) is 0 Å². The van der Waals surface area contributed by atoms with Crippen LogP contribution >= 0.6 is 11.3 Å². The first-order valence-corrected chi connectivity index (χ1v) is 8.62. The van der Waals surface area contributed by atoms with Gasteiger partial charge >= 0.3 is 12.1 Å². The zero-order valence-corrected chi connectivity index (χ0v) is 14.8. The second kappa shape index (κ2) is 7.11. The highest BCUT2D eigenvalue weighted by atomic mass is 32.1. The largest absolute Gasteiger partial charge is 0.478 e. The standard InChI is InChI=1S/C19H13F4NO2S/c1-10-17(12-5-6-14(18(25)26)15(20)9-12)27-16(24-10)8-11-3-2-4-13(7-11)19(21,22)23/h2-7,9H,8H2,1H3,(H,25,26). The topological polar surface area (TPSA) is 50.2 Å². The molecule has 1 heterocycles. The predicted octanol–water partition coefficient (Wildman–Crippen LogP) is 5.57. The van der Waals surface area contributed by atoms with Crippen molar-refractivity contribution in [2.75, 3.05) is 0 Å². The van der Waals surface area contributed by atoms with Gasteiger partial charge in [0.1, 0.15) is 5.82 Å². The number of nitrogens with zero attached hydrogens (tertiary/aromatic N) is 1. The Morgan fingerprint density at radius 3 is 2.56 bits per heavy atom. The molecule has 2 aromatic carbocycles. The van der Waals surface area contributed by atoms with E-state index in [0.717, 1.165) is 18.2 Å². The summed E-state index contributed by atoms with van der Waals surface area (Å²) in [7, 11) is 0. The molecule has 0 aliphatic rings. The lowest BCUT2D eigenvalue weighted by Crippen LogP contribution is -2.05. The summed E-state index contributed by atoms with van der Waals surface area (Å²) in [6, 6.07) is 8.82. The molecule has 27 heavy (non-hydrogen) atoms. The molecule has 0 radical (unpaired) electrons. The second-order valence-corrected chi connectivity index (χ2v) is 6.98. The van der Waals surface area contributed by atoms with Gasteiger partial charge in [-0.3, -0.25) is 0 Å². The zero-order valence-electron chi connectivity index (χ0n) is 14.0. The van der Waals surface area contributed by atoms with E-state index in [9.17, 15) is 22.4 Å². The number of carboxylic acids is 1. The van der Waals surface area contributed by atoms with Gasteiger partial charge in [-0.05, 0) is 36.2 Å². The van der Waals surface area contributed by atoms with E-state index in [-0.39, 0.29) is 6.42 Å². The van der Waals surface area contributed by atoms with Gasteiger partial charge in [0, 0.05) is 6.42 Å². The van der Waals surface area contributed by atoms with Crippen molar-refractivity contribution in [2.45, 2.75) is 19.5 Å². The van der Waals surface area contributed by atoms with Gasteiger partial charge in [-0.15, -0.1) is 11.3 Å². The molecular weight excluding hydrogens is 382 g/mol. The molecule has 0 aliphatic heterocycles. The van der Waals surface area contributed by atoms with Crippen molar-refractivity contribution in [2.24, 2.45) is 0 Å². The quantitative estimate of drug-likeness (QED) is 0.588. The monoisotopic (exact) mass is 395 g/mol. The highest BCUT2D eigenvalue weighted by molar-refractivity contribution is 7.15. The first-order valence-electron chi connectivity index (χ1n) is 7.81. The molecule has 0 atom stereocenters. The Kier molecular flexibility index (Phi) is 5.01. The Labute approximate surface area is 155 Å². The predicted molar refractivity (Wildman–Crippen MR) is 93.5 cm³/mol. The lowest BCUT2D eigenvalue weighted by atomic mass is 10.1. The van der Waals surface area contributed by atoms with Gasteiger partial charge in [0.25, 0.3) is 0 Å². The fraction of sp³-hybridized carbons (Fsp3) is 0.158. The first kappa shape index (κ1) is 19.0. The number of carbonyl (C=O) groups is 1. The van der Waals surface area contributed by atoms with E-state index < -0.39 is 29.1 Å². The fourth-order valence-electron chi connectivity index (χ4n) is 2.66. The Morgan fingerprint density at radius 2 is 1.93 bits per heavy atom. The van der Waals surface area contributed by atoms with Crippen LogP contribution in [0.2, 0.25) is 0 Å². The molecule has 140 valence electrons. The fourth-order valence-corrected chi connectivity index (χ4v) is 3.75. The summed E-state index contributed by atoms with van der Waals surface area (Å²) in [5.41, 5.74) is 0.398. The third-order valence-electron chi connectivity index (χ3n) is 3.91. The summed E-state index contributed by atoms with van der Waals surface area (Å²) in [6.07, 6.45) is -4.20. The highest BCUT2D eigenvalue weighted by Crippen LogP contribution is 2.33. The maximum absolute atomic E-state index is 13.9. The second-order valence-electron chi connectivity index (χ2n) is 5.90. The molecule has 0 bridgehead atoms. The maximum Gasteiger partial charge on any atom is 0.416 e. The number of carboxylic acid groups (broad SMARTS) is 1. The van der Waals surface area contributed by atoms with Crippen LogP contribution in [-0.4, -0.2) is 16.1 Å². The van der Waals surface area contributed by atoms with E-state index in [1.807, 2.05) is 0 Å². The number of hydrogen-bond donors (Lipinski definition) is 1. The lowest BCUT2D eigenvalue weighted by molar-refractivity contribution is -0.137. The first-order chi connectivity index (χ1) is 12.6. The van der Waals surface area contributed by atoms with Gasteiger partial charge in [0.05, 0.1) is 26.7 Å². The molecule has 1 N–H and O–H groups in total. The van der Waals surface area contributed by atoms with Crippen molar-refractivity contribution in [3.8, 4) is 10.4 Å². The molecule has 0 amide bonds. The van der Waals surface area contributed by atoms with Crippen molar-refractivity contribution in [1.29, 1.82) is 0 Å². The number of alkyl halides is 3. The SMILES string of the molecule is Cc1nc(Cc2cccc(C(F)(F)F)c2)sc1-c1ccc(C(=O)O)c(F)c1. The van der Waals surface area contributed by atoms with Crippen molar-refractivity contribution in [1.82, 2.24) is 4.98 Å². The third-order valence-corrected chi connectivity index (χ3v) is 5.12. The number of aromatic carboxylic acids is 1. The third kappa shape index (κ3) is 4.16. The van der Waals surface area contributed by atoms with Crippen LogP contribution in [0.1, 0.15) is 32.2 Å². The summed E-state index contributed by atoms with van der Waals surface area (Å²) in [5, 5.41) is 9.49. The van der Waals surface area contributed by atoms with E-state index in [2.05, 4.69) is 4.98 Å². The van der Waals surface area contributed by atoms with Crippen LogP contribution < -0.4 is 0 Å². The Balaban J connectivity index is 1.89. The minimum absolute atomic E-state index is 0.213. The van der Waals surface area contributed by atoms with Crippen LogP contribution in [0, 0.1) is 12.7 Å². The number of aromatic nitrogens is 1. The average Bonchev–Trinajstić information content (AvgIpc) is 2.94. The summed E-state index contributed by atoms with van der Waals surface area (Å²) in [4.78, 5) is 15.9. The lowest BCUT2D eigenvalue weighted by Gasteiger charge is -2.07. The number of benzene rings is 2. The van der Waals surface area contributed by atoms with E-state index in [1.165, 1.54) is 29.5 Å². The molecule has 0 fully saturated rings. The Bertz CT molecular complexity index is 1010. The van der Waals surface area contributed by atoms with Gasteiger partial charge in [-0.2, -0.15) is 13.2 Å². The molecule has 3 rings (SSSR count). The van der Waals surface area contributed by atoms with E-state index in [0.29, 0.717) is 26.7 Å². The van der Waals surface area contributed by atoms with Crippen molar-refractivity contribution in [3.05, 3.63) is 75.7 Å². The molecule has 1 aromatic heterocycles. The molecule has 0 saturated carbocycles. The van der Waals surface area contributed by atoms with Crippen LogP contribution in [0.3, 0.4) is 0 Å². The number of hydrogen-bond acceptors (Lipinski definition) is 3. The van der Waals surface area contributed by atoms with Crippen LogP contribution in [-0.2, 0) is 12.6 Å². The minimum atomic E-state index is -4.41. The van der Waals surface area contributed by atoms with Crippen LogP contribution in [0.25, 0.3) is 10.4 Å². The number of aryl methyl sites for hydroxylation is 1. The summed E-state index contributed by atoms with van der Waals surface area (Å²) in [6.45, 7) is 1.71. The smallest absolute Gasteiger partial charge is 0.416 e. The maximum atomic E-state index is 13.9. The van der Waals surface area contributed by atoms with Crippen LogP contribution in [0.15, 0.2) is 42.5 Å². The molecule has 3 aromatic rings. The summed E-state index contributed by atoms with van der Waals surface area (Å²) >= 11 is 1.24. The Hall–Kier alpha value is -2.74. The number of rotatable bonds is 4. The number of thiazole rings is 1. The van der Waals surface area contributed by atoms with Gasteiger partial charge in [0.2, 0.25) is 0 Å². The molecular formula is C19H13F4NO2S. The van der Waals surface area contributed by atoms with Gasteiger partial charge < -0.3 is 5.11 Å². The van der Waals surface area contributed by atoms with E-state index >= 15 is 0 Å². The van der Waals surface area contributed by atoms with Crippen molar-refractivity contribution < 1.29 is 27.5 Å². The van der Waals surface area contributed by atoms with E-state index in [1.54, 1.807) is 13.0 Å². The molecule has 0 saturated heterocycles. The van der Waals surface area contributed by atoms with Crippen LogP contribution in [0.4, 0.5) is 17.6 Å². The summed E-state index contributed by atoms with van der Waals surface area (Å²) < 4.78 is 52.4. The van der Waals surface area contributed by atoms with E-state index in [4.69, 9.17) is 5.11 Å². The number of halogens is 4. The van der Waals surface area contributed by atoms with Crippen molar-refractivity contribution >= 4 is 17.3 Å².